The normalized spacial score (nSPS) is 25.4. The zero-order valence-electron chi connectivity index (χ0n) is 9.67. The van der Waals surface area contributed by atoms with E-state index < -0.39 is 0 Å². The van der Waals surface area contributed by atoms with Crippen LogP contribution in [-0.2, 0) is 6.54 Å². The van der Waals surface area contributed by atoms with Crippen LogP contribution in [0.15, 0.2) is 24.4 Å². The van der Waals surface area contributed by atoms with Crippen molar-refractivity contribution in [3.05, 3.63) is 30.1 Å². The molecule has 0 aliphatic carbocycles. The number of pyridine rings is 1. The number of nitrogens with two attached hydrogens (primary N) is 1. The number of nitrogens with zero attached hydrogens (tertiary/aromatic N) is 2. The minimum absolute atomic E-state index is 0. The first kappa shape index (κ1) is 13.4. The van der Waals surface area contributed by atoms with Gasteiger partial charge in [-0.05, 0) is 37.9 Å². The third-order valence-electron chi connectivity index (χ3n) is 3.22. The average molecular weight is 242 g/mol. The van der Waals surface area contributed by atoms with Crippen LogP contribution < -0.4 is 5.73 Å². The van der Waals surface area contributed by atoms with E-state index in [0.717, 1.165) is 25.3 Å². The molecule has 1 saturated heterocycles. The van der Waals surface area contributed by atoms with Crippen LogP contribution in [0, 0.1) is 5.92 Å². The van der Waals surface area contributed by atoms with Gasteiger partial charge in [-0.15, -0.1) is 12.4 Å². The van der Waals surface area contributed by atoms with Crippen molar-refractivity contribution in [2.75, 3.05) is 13.1 Å². The SMILES string of the molecule is CC1CC(CN)CN1Cc1ccccn1.Cl. The van der Waals surface area contributed by atoms with Crippen molar-refractivity contribution in [1.82, 2.24) is 9.88 Å². The van der Waals surface area contributed by atoms with Crippen LogP contribution in [0.2, 0.25) is 0 Å². The quantitative estimate of drug-likeness (QED) is 0.876. The summed E-state index contributed by atoms with van der Waals surface area (Å²) in [6, 6.07) is 6.73. The summed E-state index contributed by atoms with van der Waals surface area (Å²) in [6.07, 6.45) is 3.08. The second kappa shape index (κ2) is 6.18. The van der Waals surface area contributed by atoms with Gasteiger partial charge in [0.1, 0.15) is 0 Å². The predicted molar refractivity (Wildman–Crippen MR) is 68.5 cm³/mol. The molecule has 0 spiro atoms. The van der Waals surface area contributed by atoms with E-state index in [1.165, 1.54) is 6.42 Å². The van der Waals surface area contributed by atoms with E-state index in [1.807, 2.05) is 18.3 Å². The molecule has 2 heterocycles. The maximum absolute atomic E-state index is 5.71. The van der Waals surface area contributed by atoms with Gasteiger partial charge in [0.2, 0.25) is 0 Å². The molecule has 2 rings (SSSR count). The molecule has 0 amide bonds. The second-order valence-corrected chi connectivity index (χ2v) is 4.44. The highest BCUT2D eigenvalue weighted by molar-refractivity contribution is 5.85. The Morgan fingerprint density at radius 2 is 2.31 bits per heavy atom. The Balaban J connectivity index is 0.00000128. The number of rotatable bonds is 3. The Morgan fingerprint density at radius 3 is 2.88 bits per heavy atom. The van der Waals surface area contributed by atoms with Crippen LogP contribution in [0.1, 0.15) is 19.0 Å². The topological polar surface area (TPSA) is 42.1 Å². The van der Waals surface area contributed by atoms with E-state index in [-0.39, 0.29) is 12.4 Å². The van der Waals surface area contributed by atoms with E-state index in [0.29, 0.717) is 12.0 Å². The maximum atomic E-state index is 5.71. The lowest BCUT2D eigenvalue weighted by Gasteiger charge is -2.20. The standard InChI is InChI=1S/C12H19N3.ClH/c1-10-6-11(7-13)8-15(10)9-12-4-2-3-5-14-12;/h2-5,10-11H,6-9,13H2,1H3;1H. The lowest BCUT2D eigenvalue weighted by molar-refractivity contribution is 0.253. The zero-order chi connectivity index (χ0) is 10.7. The van der Waals surface area contributed by atoms with E-state index in [9.17, 15) is 0 Å². The van der Waals surface area contributed by atoms with Crippen molar-refractivity contribution < 1.29 is 0 Å². The Labute approximate surface area is 103 Å². The highest BCUT2D eigenvalue weighted by Gasteiger charge is 2.27. The number of hydrogen-bond acceptors (Lipinski definition) is 3. The first-order valence-corrected chi connectivity index (χ1v) is 5.63. The Bertz CT molecular complexity index is 304. The van der Waals surface area contributed by atoms with Crippen LogP contribution in [0.4, 0.5) is 0 Å². The molecular weight excluding hydrogens is 222 g/mol. The first-order chi connectivity index (χ1) is 7.29. The second-order valence-electron chi connectivity index (χ2n) is 4.44. The Morgan fingerprint density at radius 1 is 1.50 bits per heavy atom. The van der Waals surface area contributed by atoms with Gasteiger partial charge < -0.3 is 5.73 Å². The molecule has 2 atom stereocenters. The molecule has 0 aromatic carbocycles. The van der Waals surface area contributed by atoms with Crippen molar-refractivity contribution in [1.29, 1.82) is 0 Å². The van der Waals surface area contributed by atoms with Gasteiger partial charge in [0.25, 0.3) is 0 Å². The molecule has 4 heteroatoms. The minimum Gasteiger partial charge on any atom is -0.330 e. The van der Waals surface area contributed by atoms with Crippen molar-refractivity contribution in [2.45, 2.75) is 25.9 Å². The average Bonchev–Trinajstić information content (AvgIpc) is 2.61. The zero-order valence-corrected chi connectivity index (χ0v) is 10.5. The van der Waals surface area contributed by atoms with Crippen molar-refractivity contribution in [3.63, 3.8) is 0 Å². The van der Waals surface area contributed by atoms with Crippen LogP contribution in [0.3, 0.4) is 0 Å². The minimum atomic E-state index is 0. The van der Waals surface area contributed by atoms with Crippen LogP contribution in [-0.4, -0.2) is 29.0 Å². The van der Waals surface area contributed by atoms with Gasteiger partial charge in [-0.2, -0.15) is 0 Å². The molecule has 1 fully saturated rings. The molecule has 1 aromatic heterocycles. The summed E-state index contributed by atoms with van der Waals surface area (Å²) >= 11 is 0. The number of likely N-dealkylation sites (tertiary alicyclic amines) is 1. The largest absolute Gasteiger partial charge is 0.330 e. The fraction of sp³-hybridized carbons (Fsp3) is 0.583. The van der Waals surface area contributed by atoms with Gasteiger partial charge in [-0.3, -0.25) is 9.88 Å². The number of aromatic nitrogens is 1. The third-order valence-corrected chi connectivity index (χ3v) is 3.22. The van der Waals surface area contributed by atoms with Crippen LogP contribution in [0.25, 0.3) is 0 Å². The van der Waals surface area contributed by atoms with E-state index >= 15 is 0 Å². The summed E-state index contributed by atoms with van der Waals surface area (Å²) in [5.74, 6) is 0.670. The Kier molecular flexibility index (Phi) is 5.19. The molecule has 3 nitrogen and oxygen atoms in total. The highest BCUT2D eigenvalue weighted by Crippen LogP contribution is 2.23. The molecule has 1 aliphatic rings. The summed E-state index contributed by atoms with van der Waals surface area (Å²) in [7, 11) is 0. The van der Waals surface area contributed by atoms with Gasteiger partial charge in [-0.25, -0.2) is 0 Å². The molecule has 0 saturated carbocycles. The highest BCUT2D eigenvalue weighted by atomic mass is 35.5. The van der Waals surface area contributed by atoms with E-state index in [4.69, 9.17) is 5.73 Å². The van der Waals surface area contributed by atoms with Crippen LogP contribution in [0.5, 0.6) is 0 Å². The van der Waals surface area contributed by atoms with Gasteiger partial charge in [0.15, 0.2) is 0 Å². The molecule has 1 aromatic rings. The van der Waals surface area contributed by atoms with Crippen molar-refractivity contribution >= 4 is 12.4 Å². The monoisotopic (exact) mass is 241 g/mol. The van der Waals surface area contributed by atoms with E-state index in [1.54, 1.807) is 0 Å². The molecular formula is C12H20ClN3. The summed E-state index contributed by atoms with van der Waals surface area (Å²) in [5.41, 5.74) is 6.86. The summed E-state index contributed by atoms with van der Waals surface area (Å²) < 4.78 is 0. The van der Waals surface area contributed by atoms with Gasteiger partial charge in [-0.1, -0.05) is 6.07 Å². The fourth-order valence-electron chi connectivity index (χ4n) is 2.31. The molecule has 2 unspecified atom stereocenters. The summed E-state index contributed by atoms with van der Waals surface area (Å²) in [5, 5.41) is 0. The molecule has 2 N–H and O–H groups in total. The fourth-order valence-corrected chi connectivity index (χ4v) is 2.31. The summed E-state index contributed by atoms with van der Waals surface area (Å²) in [6.45, 7) is 5.16. The molecule has 0 bridgehead atoms. The van der Waals surface area contributed by atoms with Crippen molar-refractivity contribution in [2.24, 2.45) is 11.7 Å². The first-order valence-electron chi connectivity index (χ1n) is 5.63. The lowest BCUT2D eigenvalue weighted by Crippen LogP contribution is -2.27. The maximum Gasteiger partial charge on any atom is 0.0544 e. The summed E-state index contributed by atoms with van der Waals surface area (Å²) in [4.78, 5) is 6.83. The Hall–Kier alpha value is -0.640. The lowest BCUT2D eigenvalue weighted by atomic mass is 10.1. The van der Waals surface area contributed by atoms with Gasteiger partial charge >= 0.3 is 0 Å². The smallest absolute Gasteiger partial charge is 0.0544 e. The molecule has 0 radical (unpaired) electrons. The molecule has 16 heavy (non-hydrogen) atoms. The number of hydrogen-bond donors (Lipinski definition) is 1. The third kappa shape index (κ3) is 3.17. The number of halogens is 1. The molecule has 1 aliphatic heterocycles. The van der Waals surface area contributed by atoms with Crippen LogP contribution >= 0.6 is 12.4 Å². The van der Waals surface area contributed by atoms with Gasteiger partial charge in [0, 0.05) is 25.3 Å². The van der Waals surface area contributed by atoms with Gasteiger partial charge in [0.05, 0.1) is 5.69 Å². The van der Waals surface area contributed by atoms with E-state index in [2.05, 4.69) is 22.9 Å². The predicted octanol–water partition coefficient (Wildman–Crippen LogP) is 1.67. The van der Waals surface area contributed by atoms with Crippen molar-refractivity contribution in [3.8, 4) is 0 Å². The molecule has 90 valence electrons.